The Morgan fingerprint density at radius 2 is 0.474 bits per heavy atom. The van der Waals surface area contributed by atoms with Crippen LogP contribution in [0.5, 0.6) is 0 Å². The normalized spacial score (nSPS) is 5.47. The predicted molar refractivity (Wildman–Crippen MR) is 8.50 cm³/mol. The van der Waals surface area contributed by atoms with Crippen molar-refractivity contribution < 1.29 is 198 Å². The fourth-order valence-electron chi connectivity index (χ4n) is 0. The van der Waals surface area contributed by atoms with Gasteiger partial charge in [0.05, 0.1) is 0 Å². The molecule has 0 saturated heterocycles. The van der Waals surface area contributed by atoms with Crippen LogP contribution < -0.4 is 29.5 Å². The first-order chi connectivity index (χ1) is 6.93. The Morgan fingerprint density at radius 1 is 0.474 bits per heavy atom. The van der Waals surface area contributed by atoms with E-state index >= 15 is 0 Å². The molecule has 0 fully saturated rings. The molecule has 19 heavy (non-hydrogen) atoms. The van der Waals surface area contributed by atoms with E-state index in [4.69, 9.17) is 42.8 Å². The van der Waals surface area contributed by atoms with Gasteiger partial charge in [-0.05, 0) is 0 Å². The molecule has 0 aromatic heterocycles. The summed E-state index contributed by atoms with van der Waals surface area (Å²) in [7, 11) is 0. The van der Waals surface area contributed by atoms with Gasteiger partial charge in [-0.3, -0.25) is 0 Å². The van der Waals surface area contributed by atoms with Gasteiger partial charge in [0, 0.05) is 0 Å². The fourth-order valence-corrected chi connectivity index (χ4v) is 0. The predicted octanol–water partition coefficient (Wildman–Crippen LogP) is -10.4. The van der Waals surface area contributed by atoms with Crippen LogP contribution in [-0.2, 0) is 87.8 Å². The molecule has 0 atom stereocenters. The quantitative estimate of drug-likeness (QED) is 0.207. The Kier molecular flexibility index (Phi) is 91.7. The van der Waals surface area contributed by atoms with Gasteiger partial charge in [0.1, 0.15) is 0 Å². The van der Waals surface area contributed by atoms with Crippen molar-refractivity contribution in [1.29, 1.82) is 0 Å². The zero-order valence-corrected chi connectivity index (χ0v) is 25.0. The van der Waals surface area contributed by atoms with E-state index < -0.39 is 74.5 Å². The summed E-state index contributed by atoms with van der Waals surface area (Å²) >= 11 is -16.3. The molecule has 0 N–H and O–H groups in total. The Hall–Kier alpha value is 6.00. The molecule has 0 aromatic rings. The monoisotopic (exact) mass is 815 g/mol. The second kappa shape index (κ2) is 39.2. The third kappa shape index (κ3) is 323. The summed E-state index contributed by atoms with van der Waals surface area (Å²) < 4.78 is 103. The van der Waals surface area contributed by atoms with Crippen LogP contribution in [0.1, 0.15) is 0 Å². The molecule has 0 aromatic carbocycles. The van der Waals surface area contributed by atoms with Crippen molar-refractivity contribution in [2.75, 3.05) is 0 Å². The Balaban J connectivity index is -0.0000000192. The van der Waals surface area contributed by atoms with E-state index in [1.165, 1.54) is 0 Å². The van der Waals surface area contributed by atoms with Crippen LogP contribution in [0.3, 0.4) is 0 Å². The first kappa shape index (κ1) is 44.4. The van der Waals surface area contributed by atoms with Gasteiger partial charge >= 0.3 is 247 Å². The van der Waals surface area contributed by atoms with E-state index in [0.29, 0.717) is 0 Å². The maximum Gasteiger partial charge on any atom is 3.00 e. The number of hydrogen-bond donors (Lipinski definition) is 0. The minimum Gasteiger partial charge on any atom is 3.00 e. The average molecular weight is 815 g/mol. The van der Waals surface area contributed by atoms with Crippen molar-refractivity contribution in [2.24, 2.45) is 0 Å². The molecule has 12 nitrogen and oxygen atoms in total. The molecule has 0 amide bonds. The molecule has 19 heteroatoms. The summed E-state index contributed by atoms with van der Waals surface area (Å²) in [5.41, 5.74) is 0. The molecule has 100 valence electrons. The number of rotatable bonds is 0. The molecule has 0 aliphatic carbocycles. The van der Waals surface area contributed by atoms with Crippen LogP contribution in [0.25, 0.3) is 0 Å². The Bertz CT molecular complexity index is 170. The topological polar surface area (TPSA) is 253 Å². The Morgan fingerprint density at radius 3 is 0.474 bits per heavy atom. The van der Waals surface area contributed by atoms with Gasteiger partial charge in [0.2, 0.25) is 0 Å². The molecular formula is BaNdO12SmTi4. The molecule has 0 heterocycles. The molecule has 0 unspecified atom stereocenters. The molecule has 2 radical (unpaired) electrons. The first-order valence-electron chi connectivity index (χ1n) is 2.45. The van der Waals surface area contributed by atoms with E-state index in [2.05, 4.69) is 0 Å². The second-order valence-corrected chi connectivity index (χ2v) is 4.12. The molecule has 0 bridgehead atoms. The van der Waals surface area contributed by atoms with Crippen LogP contribution in [0.2, 0.25) is 0 Å². The molecule has 0 spiro atoms. The van der Waals surface area contributed by atoms with Crippen molar-refractivity contribution >= 4 is 48.9 Å². The van der Waals surface area contributed by atoms with Crippen molar-refractivity contribution in [1.82, 2.24) is 0 Å². The summed E-state index contributed by atoms with van der Waals surface area (Å²) in [5.74, 6) is 0. The zero-order chi connectivity index (χ0) is 14.3. The third-order valence-corrected chi connectivity index (χ3v) is 0. The molecule has 0 aliphatic rings. The van der Waals surface area contributed by atoms with Gasteiger partial charge in [-0.2, -0.15) is 0 Å². The van der Waals surface area contributed by atoms with Gasteiger partial charge in [0.15, 0.2) is 0 Å². The number of hydrogen-bond acceptors (Lipinski definition) is 12. The van der Waals surface area contributed by atoms with Gasteiger partial charge in [-0.15, -0.1) is 0 Å². The van der Waals surface area contributed by atoms with Crippen LogP contribution >= 0.6 is 0 Å². The van der Waals surface area contributed by atoms with Gasteiger partial charge < -0.3 is 0 Å². The minimum atomic E-state index is -4.08. The maximum absolute atomic E-state index is 8.58. The van der Waals surface area contributed by atoms with Crippen molar-refractivity contribution in [2.45, 2.75) is 0 Å². The first-order valence-corrected chi connectivity index (χ1v) is 10.1. The minimum absolute atomic E-state index is 0. The largest absolute Gasteiger partial charge is 3.00 e. The van der Waals surface area contributed by atoms with Gasteiger partial charge in [-0.25, -0.2) is 0 Å². The van der Waals surface area contributed by atoms with E-state index in [-0.39, 0.29) is 130 Å². The van der Waals surface area contributed by atoms with E-state index in [1.54, 1.807) is 0 Å². The smallest absolute Gasteiger partial charge is 3.00 e. The molecular weight excluding hydrogens is 815 g/mol. The molecule has 0 saturated carbocycles. The SMILES string of the molecule is [Ba+2].[Nd+3].[O]=[Ti]([O-])[O-].[O]=[Ti]([O-])[O-].[O]=[Ti]([O-])[O-].[O]=[Ti]([O-])[O-].[Sm+3]. The van der Waals surface area contributed by atoms with Crippen LogP contribution in [-0.4, -0.2) is 48.9 Å². The van der Waals surface area contributed by atoms with Gasteiger partial charge in [0.25, 0.3) is 0 Å². The summed E-state index contributed by atoms with van der Waals surface area (Å²) in [6, 6.07) is 0. The van der Waals surface area contributed by atoms with E-state index in [1.807, 2.05) is 0 Å². The van der Waals surface area contributed by atoms with Crippen LogP contribution in [0.15, 0.2) is 0 Å². The van der Waals surface area contributed by atoms with Crippen LogP contribution in [0.4, 0.5) is 0 Å². The van der Waals surface area contributed by atoms with E-state index in [9.17, 15) is 0 Å². The fraction of sp³-hybridized carbons (Fsp3) is 0. The second-order valence-electron chi connectivity index (χ2n) is 1.00. The maximum atomic E-state index is 8.58. The molecule has 0 aliphatic heterocycles. The summed E-state index contributed by atoms with van der Waals surface area (Å²) in [6.07, 6.45) is 0. The summed E-state index contributed by atoms with van der Waals surface area (Å²) in [5, 5.41) is 0. The van der Waals surface area contributed by atoms with Gasteiger partial charge in [-0.1, -0.05) is 0 Å². The van der Waals surface area contributed by atoms with Crippen LogP contribution in [0, 0.1) is 81.2 Å². The standard InChI is InChI=1S/Ba.Nd.12O.Sm.4Ti/q+2;+3;;;;;8*-1;+3;;;;. The van der Waals surface area contributed by atoms with Crippen molar-refractivity contribution in [3.8, 4) is 0 Å². The van der Waals surface area contributed by atoms with Crippen molar-refractivity contribution in [3.63, 3.8) is 0 Å². The van der Waals surface area contributed by atoms with Crippen molar-refractivity contribution in [3.05, 3.63) is 0 Å². The molecule has 0 rings (SSSR count). The summed E-state index contributed by atoms with van der Waals surface area (Å²) in [4.78, 5) is 0. The third-order valence-electron chi connectivity index (χ3n) is 0. The summed E-state index contributed by atoms with van der Waals surface area (Å²) in [6.45, 7) is 0. The Labute approximate surface area is 240 Å². The zero-order valence-electron chi connectivity index (χ0n) is 8.51. The van der Waals surface area contributed by atoms with E-state index in [0.717, 1.165) is 0 Å². The average Bonchev–Trinajstić information content (AvgIpc) is 1.76.